The van der Waals surface area contributed by atoms with Crippen LogP contribution in [0.3, 0.4) is 0 Å². The summed E-state index contributed by atoms with van der Waals surface area (Å²) in [7, 11) is 0. The Morgan fingerprint density at radius 1 is 0.684 bits per heavy atom. The van der Waals surface area contributed by atoms with Gasteiger partial charge in [0.2, 0.25) is 0 Å². The van der Waals surface area contributed by atoms with E-state index in [1.807, 2.05) is 18.3 Å². The zero-order valence-electron chi connectivity index (χ0n) is 10.5. The van der Waals surface area contributed by atoms with Crippen LogP contribution in [0.5, 0.6) is 0 Å². The van der Waals surface area contributed by atoms with Gasteiger partial charge in [0.25, 0.3) is 0 Å². The average molecular weight is 243 g/mol. The number of nitrogens with zero attached hydrogens (tertiary/aromatic N) is 1. The monoisotopic (exact) mass is 243 g/mol. The van der Waals surface area contributed by atoms with E-state index >= 15 is 0 Å². The molecule has 1 heterocycles. The summed E-state index contributed by atoms with van der Waals surface area (Å²) in [4.78, 5) is 4.49. The highest BCUT2D eigenvalue weighted by Crippen LogP contribution is 2.40. The van der Waals surface area contributed by atoms with Gasteiger partial charge in [0.15, 0.2) is 0 Å². The van der Waals surface area contributed by atoms with Gasteiger partial charge in [0, 0.05) is 11.8 Å². The molecule has 2 aromatic carbocycles. The summed E-state index contributed by atoms with van der Waals surface area (Å²) in [5, 5.41) is 0. The van der Waals surface area contributed by atoms with Gasteiger partial charge in [-0.15, -0.1) is 0 Å². The molecular formula is C18H13N. The second-order valence-electron chi connectivity index (χ2n) is 4.88. The van der Waals surface area contributed by atoms with Crippen LogP contribution in [-0.2, 0) is 6.42 Å². The molecule has 0 aliphatic heterocycles. The Hall–Kier alpha value is -2.41. The third-order valence-corrected chi connectivity index (χ3v) is 3.79. The van der Waals surface area contributed by atoms with E-state index in [1.165, 1.54) is 27.8 Å². The van der Waals surface area contributed by atoms with Gasteiger partial charge in [0.05, 0.1) is 5.69 Å². The van der Waals surface area contributed by atoms with Crippen molar-refractivity contribution in [3.05, 3.63) is 78.0 Å². The molecule has 0 bridgehead atoms. The number of aromatic nitrogens is 1. The fourth-order valence-electron chi connectivity index (χ4n) is 2.92. The molecular weight excluding hydrogens is 230 g/mol. The van der Waals surface area contributed by atoms with Gasteiger partial charge in [-0.25, -0.2) is 0 Å². The smallest absolute Gasteiger partial charge is 0.0705 e. The fourth-order valence-corrected chi connectivity index (χ4v) is 2.92. The maximum absolute atomic E-state index is 4.49. The Labute approximate surface area is 112 Å². The zero-order valence-corrected chi connectivity index (χ0v) is 10.5. The number of hydrogen-bond donors (Lipinski definition) is 0. The van der Waals surface area contributed by atoms with Crippen LogP contribution in [-0.4, -0.2) is 4.98 Å². The summed E-state index contributed by atoms with van der Waals surface area (Å²) in [6.45, 7) is 0. The first-order valence-electron chi connectivity index (χ1n) is 6.55. The standard InChI is InChI=1S/C18H13N/c1-2-7-14-13(6-1)12-17-15(14)8-5-9-16(17)18-10-3-4-11-19-18/h1-11H,12H2. The van der Waals surface area contributed by atoms with Gasteiger partial charge in [-0.3, -0.25) is 4.98 Å². The number of rotatable bonds is 1. The first kappa shape index (κ1) is 10.5. The summed E-state index contributed by atoms with van der Waals surface area (Å²) < 4.78 is 0. The normalized spacial score (nSPS) is 12.0. The van der Waals surface area contributed by atoms with Crippen molar-refractivity contribution in [1.82, 2.24) is 4.98 Å². The third kappa shape index (κ3) is 1.59. The molecule has 90 valence electrons. The largest absolute Gasteiger partial charge is 0.256 e. The first-order valence-corrected chi connectivity index (χ1v) is 6.55. The minimum absolute atomic E-state index is 1.01. The highest BCUT2D eigenvalue weighted by Gasteiger charge is 2.20. The molecule has 3 aromatic rings. The van der Waals surface area contributed by atoms with Crippen molar-refractivity contribution in [2.24, 2.45) is 0 Å². The quantitative estimate of drug-likeness (QED) is 0.485. The maximum Gasteiger partial charge on any atom is 0.0705 e. The summed E-state index contributed by atoms with van der Waals surface area (Å²) in [6.07, 6.45) is 2.87. The predicted octanol–water partition coefficient (Wildman–Crippen LogP) is 4.32. The van der Waals surface area contributed by atoms with E-state index in [-0.39, 0.29) is 0 Å². The molecule has 0 unspecified atom stereocenters. The van der Waals surface area contributed by atoms with E-state index in [2.05, 4.69) is 53.5 Å². The summed E-state index contributed by atoms with van der Waals surface area (Å²) in [6, 6.07) is 21.3. The molecule has 19 heavy (non-hydrogen) atoms. The Bertz CT molecular complexity index is 745. The molecule has 0 spiro atoms. The molecule has 1 aromatic heterocycles. The maximum atomic E-state index is 4.49. The summed E-state index contributed by atoms with van der Waals surface area (Å²) in [5.74, 6) is 0. The lowest BCUT2D eigenvalue weighted by atomic mass is 9.99. The molecule has 1 aliphatic carbocycles. The van der Waals surface area contributed by atoms with Crippen LogP contribution in [0.25, 0.3) is 22.4 Å². The van der Waals surface area contributed by atoms with E-state index < -0.39 is 0 Å². The Kier molecular flexibility index (Phi) is 2.25. The van der Waals surface area contributed by atoms with E-state index in [4.69, 9.17) is 0 Å². The SMILES string of the molecule is c1ccc(-c2cccc3c2Cc2ccccc2-3)nc1. The van der Waals surface area contributed by atoms with E-state index in [1.54, 1.807) is 0 Å². The van der Waals surface area contributed by atoms with Crippen molar-refractivity contribution in [2.75, 3.05) is 0 Å². The van der Waals surface area contributed by atoms with Gasteiger partial charge in [-0.1, -0.05) is 48.5 Å². The molecule has 0 amide bonds. The van der Waals surface area contributed by atoms with Crippen molar-refractivity contribution >= 4 is 0 Å². The lowest BCUT2D eigenvalue weighted by Gasteiger charge is -2.07. The minimum Gasteiger partial charge on any atom is -0.256 e. The summed E-state index contributed by atoms with van der Waals surface area (Å²) in [5.41, 5.74) is 7.87. The number of hydrogen-bond acceptors (Lipinski definition) is 1. The third-order valence-electron chi connectivity index (χ3n) is 3.79. The van der Waals surface area contributed by atoms with Gasteiger partial charge in [-0.05, 0) is 40.8 Å². The van der Waals surface area contributed by atoms with Gasteiger partial charge < -0.3 is 0 Å². The van der Waals surface area contributed by atoms with Gasteiger partial charge in [-0.2, -0.15) is 0 Å². The van der Waals surface area contributed by atoms with E-state index in [9.17, 15) is 0 Å². The van der Waals surface area contributed by atoms with Crippen LogP contribution < -0.4 is 0 Å². The molecule has 1 heteroatoms. The second kappa shape index (κ2) is 4.06. The van der Waals surface area contributed by atoms with Gasteiger partial charge >= 0.3 is 0 Å². The molecule has 0 saturated carbocycles. The Morgan fingerprint density at radius 2 is 1.47 bits per heavy atom. The highest BCUT2D eigenvalue weighted by atomic mass is 14.7. The zero-order chi connectivity index (χ0) is 12.7. The molecule has 0 radical (unpaired) electrons. The number of fused-ring (bicyclic) bond motifs is 3. The molecule has 4 rings (SSSR count). The first-order chi connectivity index (χ1) is 9.43. The molecule has 0 saturated heterocycles. The van der Waals surface area contributed by atoms with Crippen LogP contribution in [0.4, 0.5) is 0 Å². The Morgan fingerprint density at radius 3 is 2.37 bits per heavy atom. The van der Waals surface area contributed by atoms with E-state index in [0.29, 0.717) is 0 Å². The molecule has 0 N–H and O–H groups in total. The topological polar surface area (TPSA) is 12.9 Å². The van der Waals surface area contributed by atoms with Crippen molar-refractivity contribution in [3.8, 4) is 22.4 Å². The lowest BCUT2D eigenvalue weighted by Crippen LogP contribution is -1.89. The second-order valence-corrected chi connectivity index (χ2v) is 4.88. The van der Waals surface area contributed by atoms with Crippen LogP contribution in [0.1, 0.15) is 11.1 Å². The van der Waals surface area contributed by atoms with Crippen molar-refractivity contribution in [2.45, 2.75) is 6.42 Å². The van der Waals surface area contributed by atoms with Crippen LogP contribution in [0.15, 0.2) is 66.9 Å². The molecule has 0 fully saturated rings. The number of benzene rings is 2. The minimum atomic E-state index is 1.01. The lowest BCUT2D eigenvalue weighted by molar-refractivity contribution is 1.24. The number of pyridine rings is 1. The van der Waals surface area contributed by atoms with Crippen molar-refractivity contribution in [1.29, 1.82) is 0 Å². The highest BCUT2D eigenvalue weighted by molar-refractivity contribution is 5.83. The Balaban J connectivity index is 1.95. The molecule has 0 atom stereocenters. The predicted molar refractivity (Wildman–Crippen MR) is 77.9 cm³/mol. The van der Waals surface area contributed by atoms with Crippen LogP contribution in [0, 0.1) is 0 Å². The van der Waals surface area contributed by atoms with Crippen LogP contribution in [0.2, 0.25) is 0 Å². The fraction of sp³-hybridized carbons (Fsp3) is 0.0556. The molecule has 1 nitrogen and oxygen atoms in total. The van der Waals surface area contributed by atoms with Gasteiger partial charge in [0.1, 0.15) is 0 Å². The van der Waals surface area contributed by atoms with E-state index in [0.717, 1.165) is 12.1 Å². The molecule has 1 aliphatic rings. The summed E-state index contributed by atoms with van der Waals surface area (Å²) >= 11 is 0. The van der Waals surface area contributed by atoms with Crippen molar-refractivity contribution < 1.29 is 0 Å². The average Bonchev–Trinajstić information content (AvgIpc) is 2.87. The van der Waals surface area contributed by atoms with Crippen LogP contribution >= 0.6 is 0 Å². The van der Waals surface area contributed by atoms with Crippen molar-refractivity contribution in [3.63, 3.8) is 0 Å².